The van der Waals surface area contributed by atoms with Crippen molar-refractivity contribution < 1.29 is 8.98 Å². The van der Waals surface area contributed by atoms with Crippen LogP contribution < -0.4 is 5.32 Å². The molecule has 0 heterocycles. The number of hydrogen-bond acceptors (Lipinski definition) is 3. The highest BCUT2D eigenvalue weighted by molar-refractivity contribution is 8.25. The van der Waals surface area contributed by atoms with E-state index in [0.29, 0.717) is 18.4 Å². The van der Waals surface area contributed by atoms with Crippen molar-refractivity contribution in [3.05, 3.63) is 0 Å². The first kappa shape index (κ1) is 15.1. The summed E-state index contributed by atoms with van der Waals surface area (Å²) in [7, 11) is -0.319. The van der Waals surface area contributed by atoms with E-state index >= 15 is 0 Å². The van der Waals surface area contributed by atoms with Crippen LogP contribution in [-0.4, -0.2) is 24.8 Å². The number of carbonyl (C=O) groups excluding carboxylic acids is 1. The smallest absolute Gasteiger partial charge is 0.219 e. The van der Waals surface area contributed by atoms with E-state index in [1.807, 2.05) is 13.2 Å². The molecule has 0 aliphatic heterocycles. The second-order valence-corrected chi connectivity index (χ2v) is 7.04. The van der Waals surface area contributed by atoms with Crippen molar-refractivity contribution in [2.24, 2.45) is 5.92 Å². The maximum atomic E-state index is 11.3. The Morgan fingerprint density at radius 3 is 2.59 bits per heavy atom. The first-order chi connectivity index (χ1) is 8.11. The molecule has 1 atom stereocenters. The molecule has 1 aliphatic rings. The van der Waals surface area contributed by atoms with Crippen LogP contribution in [0.15, 0.2) is 0 Å². The van der Waals surface area contributed by atoms with Crippen LogP contribution in [0.3, 0.4) is 0 Å². The SMILES string of the molecule is CCNC(=O)CC[C@H]1CC[C@H](OS(C)=S)CC1. The van der Waals surface area contributed by atoms with Gasteiger partial charge in [-0.15, -0.1) is 0 Å². The third-order valence-corrected chi connectivity index (χ3v) is 4.00. The molecular weight excluding hydrogens is 254 g/mol. The normalized spacial score (nSPS) is 26.5. The Morgan fingerprint density at radius 1 is 1.41 bits per heavy atom. The van der Waals surface area contributed by atoms with Gasteiger partial charge in [-0.25, -0.2) is 0 Å². The molecule has 17 heavy (non-hydrogen) atoms. The van der Waals surface area contributed by atoms with Crippen molar-refractivity contribution in [1.29, 1.82) is 0 Å². The first-order valence-corrected chi connectivity index (χ1v) is 8.87. The second kappa shape index (κ2) is 8.16. The summed E-state index contributed by atoms with van der Waals surface area (Å²) in [5.74, 6) is 0.882. The first-order valence-electron chi connectivity index (χ1n) is 6.39. The van der Waals surface area contributed by atoms with Crippen LogP contribution in [0.5, 0.6) is 0 Å². The van der Waals surface area contributed by atoms with Crippen molar-refractivity contribution in [2.75, 3.05) is 12.8 Å². The summed E-state index contributed by atoms with van der Waals surface area (Å²) in [5, 5.41) is 2.84. The summed E-state index contributed by atoms with van der Waals surface area (Å²) >= 11 is 5.06. The van der Waals surface area contributed by atoms with E-state index in [-0.39, 0.29) is 15.6 Å². The van der Waals surface area contributed by atoms with Crippen LogP contribution in [0.1, 0.15) is 45.4 Å². The molecule has 0 saturated heterocycles. The van der Waals surface area contributed by atoms with Crippen molar-refractivity contribution in [3.63, 3.8) is 0 Å². The summed E-state index contributed by atoms with van der Waals surface area (Å²) in [5.41, 5.74) is 0. The average molecular weight is 277 g/mol. The summed E-state index contributed by atoms with van der Waals surface area (Å²) < 4.78 is 5.67. The van der Waals surface area contributed by atoms with E-state index < -0.39 is 0 Å². The largest absolute Gasteiger partial charge is 0.356 e. The van der Waals surface area contributed by atoms with Gasteiger partial charge in [-0.2, -0.15) is 0 Å². The molecule has 0 aromatic heterocycles. The Morgan fingerprint density at radius 2 is 2.06 bits per heavy atom. The zero-order valence-corrected chi connectivity index (χ0v) is 12.4. The Balaban J connectivity index is 2.14. The number of carbonyl (C=O) groups is 1. The molecule has 1 N–H and O–H groups in total. The summed E-state index contributed by atoms with van der Waals surface area (Å²) in [4.78, 5) is 11.3. The molecule has 100 valence electrons. The predicted molar refractivity (Wildman–Crippen MR) is 75.4 cm³/mol. The average Bonchev–Trinajstić information content (AvgIpc) is 2.28. The van der Waals surface area contributed by atoms with Crippen LogP contribution in [0, 0.1) is 5.92 Å². The Kier molecular flexibility index (Phi) is 7.23. The van der Waals surface area contributed by atoms with Crippen molar-refractivity contribution >= 4 is 26.8 Å². The zero-order valence-electron chi connectivity index (χ0n) is 10.7. The maximum Gasteiger partial charge on any atom is 0.219 e. The molecule has 1 aliphatic carbocycles. The van der Waals surface area contributed by atoms with E-state index in [2.05, 4.69) is 5.32 Å². The molecular formula is C12H23NO2S2. The van der Waals surface area contributed by atoms with Gasteiger partial charge in [0.15, 0.2) is 0 Å². The second-order valence-electron chi connectivity index (χ2n) is 4.63. The number of hydrogen-bond donors (Lipinski definition) is 1. The lowest BCUT2D eigenvalue weighted by Crippen LogP contribution is -2.25. The molecule has 0 bridgehead atoms. The Bertz CT molecular complexity index is 263. The zero-order chi connectivity index (χ0) is 12.7. The van der Waals surface area contributed by atoms with Gasteiger partial charge in [0.2, 0.25) is 5.91 Å². The van der Waals surface area contributed by atoms with Crippen LogP contribution in [-0.2, 0) is 29.9 Å². The molecule has 3 nitrogen and oxygen atoms in total. The molecule has 5 heteroatoms. The molecule has 0 aromatic carbocycles. The standard InChI is InChI=1S/C12H23NO2S2/c1-3-13-12(14)9-6-10-4-7-11(8-5-10)15-17(2)16/h10-11H,3-9H2,1-2H3,(H,13,14)/t10-,11-,17?. The van der Waals surface area contributed by atoms with Gasteiger partial charge in [0.1, 0.15) is 0 Å². The number of nitrogens with one attached hydrogen (secondary N) is 1. The van der Waals surface area contributed by atoms with Gasteiger partial charge in [-0.05, 0) is 56.1 Å². The summed E-state index contributed by atoms with van der Waals surface area (Å²) in [6.07, 6.45) is 8.56. The van der Waals surface area contributed by atoms with Crippen molar-refractivity contribution in [2.45, 2.75) is 51.6 Å². The van der Waals surface area contributed by atoms with Crippen molar-refractivity contribution in [3.8, 4) is 0 Å². The molecule has 1 rings (SSSR count). The van der Waals surface area contributed by atoms with Crippen LogP contribution >= 0.6 is 0 Å². The molecule has 1 fully saturated rings. The fourth-order valence-electron chi connectivity index (χ4n) is 2.33. The molecule has 1 saturated carbocycles. The van der Waals surface area contributed by atoms with E-state index in [0.717, 1.165) is 25.8 Å². The highest BCUT2D eigenvalue weighted by Gasteiger charge is 2.22. The summed E-state index contributed by atoms with van der Waals surface area (Å²) in [6, 6.07) is 0. The molecule has 0 spiro atoms. The predicted octanol–water partition coefficient (Wildman–Crippen LogP) is 2.10. The van der Waals surface area contributed by atoms with Crippen LogP contribution in [0.4, 0.5) is 0 Å². The maximum absolute atomic E-state index is 11.3. The lowest BCUT2D eigenvalue weighted by atomic mass is 9.84. The fourth-order valence-corrected chi connectivity index (χ4v) is 3.24. The van der Waals surface area contributed by atoms with E-state index in [1.165, 1.54) is 12.8 Å². The third-order valence-electron chi connectivity index (χ3n) is 3.22. The Hall–Kier alpha value is -0.0000000000000000833. The highest BCUT2D eigenvalue weighted by Crippen LogP contribution is 2.29. The van der Waals surface area contributed by atoms with Gasteiger partial charge < -0.3 is 9.50 Å². The highest BCUT2D eigenvalue weighted by atomic mass is 32.8. The van der Waals surface area contributed by atoms with Crippen molar-refractivity contribution in [1.82, 2.24) is 5.32 Å². The van der Waals surface area contributed by atoms with Gasteiger partial charge in [0.05, 0.1) is 6.10 Å². The molecule has 1 unspecified atom stereocenters. The van der Waals surface area contributed by atoms with E-state index in [4.69, 9.17) is 15.4 Å². The topological polar surface area (TPSA) is 38.3 Å². The Labute approximate surface area is 111 Å². The minimum atomic E-state index is -0.319. The van der Waals surface area contributed by atoms with Crippen LogP contribution in [0.2, 0.25) is 0 Å². The van der Waals surface area contributed by atoms with E-state index in [9.17, 15) is 4.79 Å². The minimum absolute atomic E-state index is 0.187. The molecule has 1 amide bonds. The quantitative estimate of drug-likeness (QED) is 0.808. The monoisotopic (exact) mass is 277 g/mol. The molecule has 0 radical (unpaired) electrons. The van der Waals surface area contributed by atoms with Gasteiger partial charge >= 0.3 is 0 Å². The van der Waals surface area contributed by atoms with Crippen LogP contribution in [0.25, 0.3) is 0 Å². The van der Waals surface area contributed by atoms with E-state index in [1.54, 1.807) is 0 Å². The van der Waals surface area contributed by atoms with Gasteiger partial charge in [-0.3, -0.25) is 4.79 Å². The third kappa shape index (κ3) is 6.48. The lowest BCUT2D eigenvalue weighted by molar-refractivity contribution is -0.121. The van der Waals surface area contributed by atoms with Gasteiger partial charge in [-0.1, -0.05) is 0 Å². The van der Waals surface area contributed by atoms with Gasteiger partial charge in [0.25, 0.3) is 0 Å². The fraction of sp³-hybridized carbons (Fsp3) is 0.917. The minimum Gasteiger partial charge on any atom is -0.356 e. The number of amides is 1. The number of rotatable bonds is 6. The lowest BCUT2D eigenvalue weighted by Gasteiger charge is -2.27. The van der Waals surface area contributed by atoms with Gasteiger partial charge in [0, 0.05) is 29.0 Å². The molecule has 0 aromatic rings. The summed E-state index contributed by atoms with van der Waals surface area (Å²) in [6.45, 7) is 2.69.